The van der Waals surface area contributed by atoms with Crippen molar-refractivity contribution in [2.24, 2.45) is 0 Å². The monoisotopic (exact) mass is 286 g/mol. The first-order valence-electron chi connectivity index (χ1n) is 7.02. The fourth-order valence-electron chi connectivity index (χ4n) is 1.90. The number of aldehydes is 1. The Hall–Kier alpha value is -1.14. The summed E-state index contributed by atoms with van der Waals surface area (Å²) in [6, 6.07) is 0. The molecule has 6 nitrogen and oxygen atoms in total. The number of carbonyl (C=O) groups is 2. The lowest BCUT2D eigenvalue weighted by molar-refractivity contribution is -0.113. The number of alkyl carbamates (subject to hydrolysis) is 1. The van der Waals surface area contributed by atoms with Gasteiger partial charge in [0.25, 0.3) is 0 Å². The summed E-state index contributed by atoms with van der Waals surface area (Å²) in [5.74, 6) is 0. The van der Waals surface area contributed by atoms with Gasteiger partial charge >= 0.3 is 6.09 Å². The van der Waals surface area contributed by atoms with Gasteiger partial charge < -0.3 is 19.6 Å². The molecule has 0 aromatic heterocycles. The van der Waals surface area contributed by atoms with Crippen LogP contribution in [0, 0.1) is 0 Å². The highest BCUT2D eigenvalue weighted by molar-refractivity contribution is 5.76. The van der Waals surface area contributed by atoms with Crippen molar-refractivity contribution in [3.63, 3.8) is 0 Å². The fourth-order valence-corrected chi connectivity index (χ4v) is 1.90. The second-order valence-corrected chi connectivity index (χ2v) is 6.37. The van der Waals surface area contributed by atoms with Crippen molar-refractivity contribution in [1.82, 2.24) is 10.2 Å². The van der Waals surface area contributed by atoms with Crippen molar-refractivity contribution in [2.45, 2.75) is 45.3 Å². The zero-order valence-corrected chi connectivity index (χ0v) is 12.9. The predicted octanol–water partition coefficient (Wildman–Crippen LogP) is 1.19. The summed E-state index contributed by atoms with van der Waals surface area (Å²) >= 11 is 0. The third-order valence-corrected chi connectivity index (χ3v) is 3.10. The molecule has 6 heteroatoms. The molecule has 1 atom stereocenters. The molecule has 1 N–H and O–H groups in total. The van der Waals surface area contributed by atoms with E-state index in [1.165, 1.54) is 0 Å². The van der Waals surface area contributed by atoms with Gasteiger partial charge in [0.15, 0.2) is 0 Å². The molecule has 0 bridgehead atoms. The Morgan fingerprint density at radius 3 is 2.40 bits per heavy atom. The van der Waals surface area contributed by atoms with Crippen LogP contribution in [0.25, 0.3) is 0 Å². The molecule has 0 radical (unpaired) electrons. The van der Waals surface area contributed by atoms with Crippen LogP contribution in [0.2, 0.25) is 0 Å². The Bertz CT molecular complexity index is 335. The lowest BCUT2D eigenvalue weighted by Gasteiger charge is -2.31. The third-order valence-electron chi connectivity index (χ3n) is 3.10. The molecule has 1 fully saturated rings. The van der Waals surface area contributed by atoms with Crippen molar-refractivity contribution in [3.05, 3.63) is 0 Å². The minimum atomic E-state index is -0.902. The van der Waals surface area contributed by atoms with Gasteiger partial charge in [-0.1, -0.05) is 0 Å². The van der Waals surface area contributed by atoms with Crippen LogP contribution in [0.5, 0.6) is 0 Å². The van der Waals surface area contributed by atoms with Crippen LogP contribution in [0.1, 0.15) is 34.1 Å². The summed E-state index contributed by atoms with van der Waals surface area (Å²) in [5, 5.41) is 2.65. The topological polar surface area (TPSA) is 67.9 Å². The van der Waals surface area contributed by atoms with Gasteiger partial charge in [-0.2, -0.15) is 0 Å². The molecule has 0 aromatic rings. The second kappa shape index (κ2) is 7.04. The van der Waals surface area contributed by atoms with E-state index in [1.54, 1.807) is 27.7 Å². The standard InChI is InChI=1S/C14H26N2O4/c1-13(2,3)20-12(18)15-14(4,11-17)5-6-16-7-9-19-10-8-16/h11H,5-10H2,1-4H3,(H,15,18). The summed E-state index contributed by atoms with van der Waals surface area (Å²) in [4.78, 5) is 25.3. The largest absolute Gasteiger partial charge is 0.444 e. The summed E-state index contributed by atoms with van der Waals surface area (Å²) in [6.45, 7) is 11.0. The van der Waals surface area contributed by atoms with Crippen LogP contribution < -0.4 is 5.32 Å². The van der Waals surface area contributed by atoms with Gasteiger partial charge in [0, 0.05) is 19.6 Å². The van der Waals surface area contributed by atoms with E-state index in [4.69, 9.17) is 9.47 Å². The molecule has 0 saturated carbocycles. The third kappa shape index (κ3) is 6.34. The molecule has 1 amide bonds. The van der Waals surface area contributed by atoms with E-state index in [2.05, 4.69) is 10.2 Å². The van der Waals surface area contributed by atoms with Crippen LogP contribution in [-0.2, 0) is 14.3 Å². The lowest BCUT2D eigenvalue weighted by Crippen LogP contribution is -2.51. The Balaban J connectivity index is 2.44. The molecule has 1 aliphatic heterocycles. The molecule has 1 heterocycles. The molecule has 1 unspecified atom stereocenters. The maximum atomic E-state index is 11.8. The summed E-state index contributed by atoms with van der Waals surface area (Å²) < 4.78 is 10.5. The van der Waals surface area contributed by atoms with Gasteiger partial charge in [-0.3, -0.25) is 4.90 Å². The SMILES string of the molecule is CC(C=O)(CCN1CCOCC1)NC(=O)OC(C)(C)C. The highest BCUT2D eigenvalue weighted by Gasteiger charge is 2.29. The minimum Gasteiger partial charge on any atom is -0.444 e. The van der Waals surface area contributed by atoms with E-state index >= 15 is 0 Å². The van der Waals surface area contributed by atoms with E-state index in [1.807, 2.05) is 0 Å². The molecule has 0 spiro atoms. The zero-order valence-electron chi connectivity index (χ0n) is 12.9. The first-order valence-corrected chi connectivity index (χ1v) is 7.02. The van der Waals surface area contributed by atoms with Crippen molar-refractivity contribution in [2.75, 3.05) is 32.8 Å². The summed E-state index contributed by atoms with van der Waals surface area (Å²) in [5.41, 5.74) is -1.47. The first-order chi connectivity index (χ1) is 9.24. The van der Waals surface area contributed by atoms with Gasteiger partial charge in [0.2, 0.25) is 0 Å². The number of rotatable bonds is 5. The van der Waals surface area contributed by atoms with Gasteiger partial charge in [-0.15, -0.1) is 0 Å². The van der Waals surface area contributed by atoms with E-state index < -0.39 is 17.2 Å². The summed E-state index contributed by atoms with van der Waals surface area (Å²) in [7, 11) is 0. The van der Waals surface area contributed by atoms with E-state index in [9.17, 15) is 9.59 Å². The smallest absolute Gasteiger partial charge is 0.408 e. The fraction of sp³-hybridized carbons (Fsp3) is 0.857. The molecule has 0 aliphatic carbocycles. The number of nitrogens with one attached hydrogen (secondary N) is 1. The van der Waals surface area contributed by atoms with Crippen molar-refractivity contribution >= 4 is 12.4 Å². The first kappa shape index (κ1) is 16.9. The molecule has 1 rings (SSSR count). The van der Waals surface area contributed by atoms with Gasteiger partial charge in [0.1, 0.15) is 11.9 Å². The van der Waals surface area contributed by atoms with Gasteiger partial charge in [-0.05, 0) is 34.1 Å². The number of morpholine rings is 1. The molecule has 20 heavy (non-hydrogen) atoms. The Kier molecular flexibility index (Phi) is 5.95. The van der Waals surface area contributed by atoms with Crippen LogP contribution in [-0.4, -0.2) is 61.3 Å². The number of carbonyl (C=O) groups excluding carboxylic acids is 2. The molecule has 116 valence electrons. The number of amides is 1. The highest BCUT2D eigenvalue weighted by atomic mass is 16.6. The average Bonchev–Trinajstić information content (AvgIpc) is 2.35. The van der Waals surface area contributed by atoms with Gasteiger partial charge in [-0.25, -0.2) is 4.79 Å². The maximum Gasteiger partial charge on any atom is 0.408 e. The maximum absolute atomic E-state index is 11.8. The van der Waals surface area contributed by atoms with E-state index in [0.29, 0.717) is 6.42 Å². The zero-order chi connectivity index (χ0) is 15.2. The number of hydrogen-bond acceptors (Lipinski definition) is 5. The Morgan fingerprint density at radius 2 is 1.90 bits per heavy atom. The normalized spacial score (nSPS) is 20.0. The molecule has 1 saturated heterocycles. The van der Waals surface area contributed by atoms with Crippen LogP contribution in [0.15, 0.2) is 0 Å². The number of hydrogen-bond donors (Lipinski definition) is 1. The average molecular weight is 286 g/mol. The minimum absolute atomic E-state index is 0.551. The quantitative estimate of drug-likeness (QED) is 0.769. The van der Waals surface area contributed by atoms with Crippen LogP contribution >= 0.6 is 0 Å². The summed E-state index contributed by atoms with van der Waals surface area (Å²) in [6.07, 6.45) is 0.765. The lowest BCUT2D eigenvalue weighted by atomic mass is 10.00. The number of ether oxygens (including phenoxy) is 2. The van der Waals surface area contributed by atoms with Crippen molar-refractivity contribution in [3.8, 4) is 0 Å². The van der Waals surface area contributed by atoms with E-state index in [0.717, 1.165) is 39.1 Å². The van der Waals surface area contributed by atoms with Crippen LogP contribution in [0.3, 0.4) is 0 Å². The molecular weight excluding hydrogens is 260 g/mol. The second-order valence-electron chi connectivity index (χ2n) is 6.37. The van der Waals surface area contributed by atoms with Crippen molar-refractivity contribution < 1.29 is 19.1 Å². The predicted molar refractivity (Wildman–Crippen MR) is 75.7 cm³/mol. The highest BCUT2D eigenvalue weighted by Crippen LogP contribution is 2.12. The van der Waals surface area contributed by atoms with Crippen molar-refractivity contribution in [1.29, 1.82) is 0 Å². The van der Waals surface area contributed by atoms with E-state index in [-0.39, 0.29) is 0 Å². The molecule has 0 aromatic carbocycles. The van der Waals surface area contributed by atoms with Crippen LogP contribution in [0.4, 0.5) is 4.79 Å². The molecular formula is C14H26N2O4. The van der Waals surface area contributed by atoms with Gasteiger partial charge in [0.05, 0.1) is 18.8 Å². The number of nitrogens with zero attached hydrogens (tertiary/aromatic N) is 1. The Morgan fingerprint density at radius 1 is 1.30 bits per heavy atom. The molecule has 1 aliphatic rings. The Labute approximate surface area is 120 Å².